The average molecular weight is 396 g/mol. The summed E-state index contributed by atoms with van der Waals surface area (Å²) in [6.45, 7) is -0.0491. The van der Waals surface area contributed by atoms with E-state index >= 15 is 0 Å². The zero-order valence-corrected chi connectivity index (χ0v) is 15.2. The molecule has 0 unspecified atom stereocenters. The van der Waals surface area contributed by atoms with Gasteiger partial charge in [0.25, 0.3) is 5.56 Å². The van der Waals surface area contributed by atoms with Gasteiger partial charge in [0.15, 0.2) is 11.5 Å². The minimum Gasteiger partial charge on any atom is -0.493 e. The molecule has 142 valence electrons. The Morgan fingerprint density at radius 2 is 1.85 bits per heavy atom. The second-order valence-corrected chi connectivity index (χ2v) is 6.39. The second-order valence-electron chi connectivity index (χ2n) is 5.61. The molecular weight excluding hydrogens is 381 g/mol. The van der Waals surface area contributed by atoms with Crippen molar-refractivity contribution in [1.29, 1.82) is 0 Å². The van der Waals surface area contributed by atoms with Crippen LogP contribution in [0.15, 0.2) is 45.9 Å². The lowest BCUT2D eigenvalue weighted by atomic mass is 10.1. The van der Waals surface area contributed by atoms with E-state index in [1.165, 1.54) is 31.6 Å². The fourth-order valence-electron chi connectivity index (χ4n) is 2.54. The van der Waals surface area contributed by atoms with Crippen LogP contribution in [0.2, 0.25) is 0 Å². The summed E-state index contributed by atoms with van der Waals surface area (Å²) in [7, 11) is 2.88. The van der Waals surface area contributed by atoms with Crippen molar-refractivity contribution < 1.29 is 22.6 Å². The molecule has 0 saturated carbocycles. The number of hydrogen-bond acceptors (Lipinski definition) is 5. The predicted molar refractivity (Wildman–Crippen MR) is 95.5 cm³/mol. The number of alkyl halides is 3. The van der Waals surface area contributed by atoms with Gasteiger partial charge < -0.3 is 9.47 Å². The van der Waals surface area contributed by atoms with Gasteiger partial charge in [0, 0.05) is 5.56 Å². The van der Waals surface area contributed by atoms with Crippen LogP contribution in [0, 0.1) is 0 Å². The smallest absolute Gasteiger partial charge is 0.421 e. The summed E-state index contributed by atoms with van der Waals surface area (Å²) in [5.41, 5.74) is -1.36. The molecule has 3 aromatic rings. The van der Waals surface area contributed by atoms with Gasteiger partial charge in [-0.2, -0.15) is 29.6 Å². The molecule has 0 aliphatic carbocycles. The van der Waals surface area contributed by atoms with E-state index < -0.39 is 17.3 Å². The standard InChI is InChI=1S/C18H15F3N2O3S/c1-25-15-4-3-12(7-16(15)26-2)14-8-13(18(19,20)21)17(24)23(22-14)9-11-5-6-27-10-11/h3-8,10H,9H2,1-2H3. The molecule has 2 aromatic heterocycles. The van der Waals surface area contributed by atoms with Crippen molar-refractivity contribution in [1.82, 2.24) is 9.78 Å². The number of thiophene rings is 1. The number of hydrogen-bond donors (Lipinski definition) is 0. The summed E-state index contributed by atoms with van der Waals surface area (Å²) in [5, 5.41) is 7.67. The van der Waals surface area contributed by atoms with Gasteiger partial charge in [-0.25, -0.2) is 4.68 Å². The highest BCUT2D eigenvalue weighted by Gasteiger charge is 2.35. The maximum absolute atomic E-state index is 13.4. The Kier molecular flexibility index (Phi) is 5.22. The second kappa shape index (κ2) is 7.43. The van der Waals surface area contributed by atoms with Crippen LogP contribution in [0.3, 0.4) is 0 Å². The van der Waals surface area contributed by atoms with E-state index in [1.807, 2.05) is 0 Å². The lowest BCUT2D eigenvalue weighted by Gasteiger charge is -2.14. The first kappa shape index (κ1) is 19.0. The molecule has 1 aromatic carbocycles. The highest BCUT2D eigenvalue weighted by atomic mass is 32.1. The first-order valence-electron chi connectivity index (χ1n) is 7.76. The normalized spacial score (nSPS) is 11.4. The van der Waals surface area contributed by atoms with Gasteiger partial charge in [-0.15, -0.1) is 0 Å². The summed E-state index contributed by atoms with van der Waals surface area (Å²) < 4.78 is 51.3. The van der Waals surface area contributed by atoms with Gasteiger partial charge in [0.1, 0.15) is 5.56 Å². The molecular formula is C18H15F3N2O3S. The molecule has 0 saturated heterocycles. The molecule has 0 radical (unpaired) electrons. The van der Waals surface area contributed by atoms with Crippen LogP contribution in [0.1, 0.15) is 11.1 Å². The van der Waals surface area contributed by atoms with Crippen LogP contribution in [0.4, 0.5) is 13.2 Å². The lowest BCUT2D eigenvalue weighted by Crippen LogP contribution is -2.31. The molecule has 0 N–H and O–H groups in total. The highest BCUT2D eigenvalue weighted by Crippen LogP contribution is 2.33. The third-order valence-corrected chi connectivity index (χ3v) is 4.60. The number of nitrogens with zero attached hydrogens (tertiary/aromatic N) is 2. The Morgan fingerprint density at radius 1 is 1.11 bits per heavy atom. The van der Waals surface area contributed by atoms with E-state index in [-0.39, 0.29) is 12.2 Å². The first-order valence-corrected chi connectivity index (χ1v) is 8.70. The monoisotopic (exact) mass is 396 g/mol. The quantitative estimate of drug-likeness (QED) is 0.653. The Morgan fingerprint density at radius 3 is 2.44 bits per heavy atom. The van der Waals surface area contributed by atoms with Crippen LogP contribution in [0.5, 0.6) is 11.5 Å². The van der Waals surface area contributed by atoms with Crippen molar-refractivity contribution in [3.05, 3.63) is 62.6 Å². The number of methoxy groups -OCH3 is 2. The van der Waals surface area contributed by atoms with Gasteiger partial charge in [-0.05, 0) is 46.7 Å². The Bertz CT molecular complexity index is 998. The van der Waals surface area contributed by atoms with Gasteiger partial charge in [-0.1, -0.05) is 0 Å². The van der Waals surface area contributed by atoms with Crippen molar-refractivity contribution >= 4 is 11.3 Å². The summed E-state index contributed by atoms with van der Waals surface area (Å²) in [5.74, 6) is 0.782. The molecule has 0 aliphatic heterocycles. The van der Waals surface area contributed by atoms with Gasteiger partial charge in [0.2, 0.25) is 0 Å². The minimum atomic E-state index is -4.79. The Balaban J connectivity index is 2.16. The van der Waals surface area contributed by atoms with Crippen molar-refractivity contribution in [2.45, 2.75) is 12.7 Å². The van der Waals surface area contributed by atoms with Gasteiger partial charge in [0.05, 0.1) is 26.5 Å². The molecule has 2 heterocycles. The summed E-state index contributed by atoms with van der Waals surface area (Å²) in [6.07, 6.45) is -4.79. The molecule has 9 heteroatoms. The predicted octanol–water partition coefficient (Wildman–Crippen LogP) is 4.06. The third kappa shape index (κ3) is 3.97. The SMILES string of the molecule is COc1ccc(-c2cc(C(F)(F)F)c(=O)n(Cc3ccsc3)n2)cc1OC. The Labute approximate surface area is 156 Å². The fraction of sp³-hybridized carbons (Fsp3) is 0.222. The van der Waals surface area contributed by atoms with Gasteiger partial charge >= 0.3 is 6.18 Å². The highest BCUT2D eigenvalue weighted by molar-refractivity contribution is 7.07. The largest absolute Gasteiger partial charge is 0.493 e. The topological polar surface area (TPSA) is 53.4 Å². The van der Waals surface area contributed by atoms with E-state index in [9.17, 15) is 18.0 Å². The number of benzene rings is 1. The average Bonchev–Trinajstić information content (AvgIpc) is 3.15. The van der Waals surface area contributed by atoms with Crippen LogP contribution < -0.4 is 15.0 Å². The minimum absolute atomic E-state index is 0.0121. The number of ether oxygens (including phenoxy) is 2. The zero-order chi connectivity index (χ0) is 19.6. The van der Waals surface area contributed by atoms with E-state index in [0.29, 0.717) is 22.6 Å². The van der Waals surface area contributed by atoms with Crippen molar-refractivity contribution in [3.63, 3.8) is 0 Å². The maximum atomic E-state index is 13.4. The van der Waals surface area contributed by atoms with Crippen LogP contribution in [-0.4, -0.2) is 24.0 Å². The molecule has 0 amide bonds. The molecule has 5 nitrogen and oxygen atoms in total. The van der Waals surface area contributed by atoms with E-state index in [4.69, 9.17) is 9.47 Å². The van der Waals surface area contributed by atoms with E-state index in [0.717, 1.165) is 10.7 Å². The molecule has 0 bridgehead atoms. The molecule has 0 aliphatic rings. The summed E-state index contributed by atoms with van der Waals surface area (Å²) in [4.78, 5) is 12.3. The van der Waals surface area contributed by atoms with Crippen LogP contribution in [-0.2, 0) is 12.7 Å². The van der Waals surface area contributed by atoms with Crippen molar-refractivity contribution in [2.24, 2.45) is 0 Å². The fourth-order valence-corrected chi connectivity index (χ4v) is 3.20. The van der Waals surface area contributed by atoms with Gasteiger partial charge in [-0.3, -0.25) is 4.79 Å². The van der Waals surface area contributed by atoms with Crippen molar-refractivity contribution in [3.8, 4) is 22.8 Å². The van der Waals surface area contributed by atoms with Crippen LogP contribution >= 0.6 is 11.3 Å². The summed E-state index contributed by atoms with van der Waals surface area (Å²) >= 11 is 1.39. The maximum Gasteiger partial charge on any atom is 0.421 e. The number of halogens is 3. The van der Waals surface area contributed by atoms with E-state index in [1.54, 1.807) is 29.0 Å². The first-order chi connectivity index (χ1) is 12.8. The van der Waals surface area contributed by atoms with E-state index in [2.05, 4.69) is 5.10 Å². The van der Waals surface area contributed by atoms with Crippen molar-refractivity contribution in [2.75, 3.05) is 14.2 Å². The Hall–Kier alpha value is -2.81. The molecule has 0 atom stereocenters. The molecule has 27 heavy (non-hydrogen) atoms. The lowest BCUT2D eigenvalue weighted by molar-refractivity contribution is -0.139. The molecule has 0 spiro atoms. The third-order valence-electron chi connectivity index (χ3n) is 3.87. The molecule has 0 fully saturated rings. The number of rotatable bonds is 5. The zero-order valence-electron chi connectivity index (χ0n) is 14.4. The molecule has 3 rings (SSSR count). The number of aromatic nitrogens is 2. The summed E-state index contributed by atoms with van der Waals surface area (Å²) in [6, 6.07) is 7.13. The van der Waals surface area contributed by atoms with Crippen LogP contribution in [0.25, 0.3) is 11.3 Å².